The van der Waals surface area contributed by atoms with Crippen LogP contribution < -0.4 is 4.90 Å². The summed E-state index contributed by atoms with van der Waals surface area (Å²) >= 11 is 0. The van der Waals surface area contributed by atoms with Gasteiger partial charge in [0, 0.05) is 33.8 Å². The van der Waals surface area contributed by atoms with Crippen molar-refractivity contribution >= 4 is 38.9 Å². The van der Waals surface area contributed by atoms with Gasteiger partial charge in [-0.25, -0.2) is 4.98 Å². The lowest BCUT2D eigenvalue weighted by molar-refractivity contribution is 0.621. The molecule has 0 unspecified atom stereocenters. The van der Waals surface area contributed by atoms with Gasteiger partial charge in [-0.2, -0.15) is 0 Å². The van der Waals surface area contributed by atoms with Gasteiger partial charge in [-0.15, -0.1) is 0 Å². The first-order chi connectivity index (χ1) is 27.8. The molecule has 0 aliphatic rings. The molecule has 0 saturated carbocycles. The second kappa shape index (κ2) is 14.4. The van der Waals surface area contributed by atoms with Crippen molar-refractivity contribution in [3.8, 4) is 56.0 Å². The van der Waals surface area contributed by atoms with Gasteiger partial charge >= 0.3 is 0 Å². The average Bonchev–Trinajstić information content (AvgIpc) is 3.74. The molecular weight excluding hydrogens is 681 g/mol. The summed E-state index contributed by atoms with van der Waals surface area (Å²) in [5.41, 5.74) is 14.7. The van der Waals surface area contributed by atoms with E-state index in [4.69, 9.17) is 9.40 Å². The van der Waals surface area contributed by atoms with Gasteiger partial charge in [0.1, 0.15) is 5.52 Å². The van der Waals surface area contributed by atoms with Crippen LogP contribution in [0.3, 0.4) is 0 Å². The van der Waals surface area contributed by atoms with Crippen molar-refractivity contribution in [1.82, 2.24) is 4.98 Å². The minimum absolute atomic E-state index is 0.610. The maximum atomic E-state index is 6.63. The quantitative estimate of drug-likeness (QED) is 0.157. The third kappa shape index (κ3) is 6.21. The fourth-order valence-corrected chi connectivity index (χ4v) is 7.75. The van der Waals surface area contributed by atoms with Crippen LogP contribution >= 0.6 is 0 Å². The number of hydrogen-bond acceptors (Lipinski definition) is 3. The molecule has 10 rings (SSSR count). The average molecular weight is 717 g/mol. The summed E-state index contributed by atoms with van der Waals surface area (Å²) in [6, 6.07) is 77.0. The van der Waals surface area contributed by atoms with Gasteiger partial charge in [0.15, 0.2) is 5.58 Å². The van der Waals surface area contributed by atoms with E-state index in [9.17, 15) is 0 Å². The van der Waals surface area contributed by atoms with E-state index in [1.165, 1.54) is 27.5 Å². The van der Waals surface area contributed by atoms with Gasteiger partial charge in [-0.3, -0.25) is 0 Å². The Labute approximate surface area is 326 Å². The summed E-state index contributed by atoms with van der Waals surface area (Å²) in [6.07, 6.45) is 0. The number of nitrogens with zero attached hydrogens (tertiary/aromatic N) is 2. The van der Waals surface area contributed by atoms with E-state index in [0.29, 0.717) is 5.89 Å². The number of hydrogen-bond donors (Lipinski definition) is 0. The molecule has 9 aromatic carbocycles. The van der Waals surface area contributed by atoms with E-state index < -0.39 is 0 Å². The SMILES string of the molecule is c1ccc(-c2cccc(N(c3ccc(-c4cccc5ccccc45)cc3)c3ccc(-c4ccc(-c5ccccc5)c5nc(-c6ccccc6)oc45)cc3)c2)cc1. The second-order valence-electron chi connectivity index (χ2n) is 14.0. The number of rotatable bonds is 8. The Morgan fingerprint density at radius 3 is 1.55 bits per heavy atom. The number of fused-ring (bicyclic) bond motifs is 2. The molecular formula is C53H36N2O. The van der Waals surface area contributed by atoms with E-state index in [0.717, 1.165) is 61.5 Å². The Bertz CT molecular complexity index is 2930. The largest absolute Gasteiger partial charge is 0.435 e. The molecule has 0 amide bonds. The normalized spacial score (nSPS) is 11.2. The maximum Gasteiger partial charge on any atom is 0.227 e. The number of benzene rings is 9. The Balaban J connectivity index is 1.07. The smallest absolute Gasteiger partial charge is 0.227 e. The molecule has 56 heavy (non-hydrogen) atoms. The summed E-state index contributed by atoms with van der Waals surface area (Å²) in [5.74, 6) is 0.610. The van der Waals surface area contributed by atoms with Crippen molar-refractivity contribution in [1.29, 1.82) is 0 Å². The zero-order chi connectivity index (χ0) is 37.3. The minimum Gasteiger partial charge on any atom is -0.435 e. The first-order valence-electron chi connectivity index (χ1n) is 19.0. The van der Waals surface area contributed by atoms with Crippen molar-refractivity contribution < 1.29 is 4.42 Å². The second-order valence-corrected chi connectivity index (χ2v) is 14.0. The summed E-state index contributed by atoms with van der Waals surface area (Å²) in [7, 11) is 0. The number of anilines is 3. The molecule has 0 spiro atoms. The lowest BCUT2D eigenvalue weighted by Gasteiger charge is -2.26. The first kappa shape index (κ1) is 33.1. The highest BCUT2D eigenvalue weighted by Gasteiger charge is 2.19. The molecule has 10 aromatic rings. The Morgan fingerprint density at radius 2 is 0.857 bits per heavy atom. The van der Waals surface area contributed by atoms with Crippen LogP contribution in [0.5, 0.6) is 0 Å². The zero-order valence-corrected chi connectivity index (χ0v) is 30.6. The summed E-state index contributed by atoms with van der Waals surface area (Å²) in [5, 5.41) is 2.49. The summed E-state index contributed by atoms with van der Waals surface area (Å²) < 4.78 is 6.63. The molecule has 0 bridgehead atoms. The highest BCUT2D eigenvalue weighted by Crippen LogP contribution is 2.41. The van der Waals surface area contributed by atoms with E-state index >= 15 is 0 Å². The van der Waals surface area contributed by atoms with Crippen molar-refractivity contribution in [2.24, 2.45) is 0 Å². The van der Waals surface area contributed by atoms with Crippen LogP contribution in [-0.4, -0.2) is 4.98 Å². The van der Waals surface area contributed by atoms with Gasteiger partial charge in [-0.1, -0.05) is 164 Å². The van der Waals surface area contributed by atoms with E-state index in [1.807, 2.05) is 36.4 Å². The van der Waals surface area contributed by atoms with Gasteiger partial charge < -0.3 is 9.32 Å². The van der Waals surface area contributed by atoms with Gasteiger partial charge in [0.25, 0.3) is 0 Å². The molecule has 1 aromatic heterocycles. The van der Waals surface area contributed by atoms with Gasteiger partial charge in [-0.05, 0) is 98.8 Å². The van der Waals surface area contributed by atoms with Crippen LogP contribution in [0.1, 0.15) is 0 Å². The first-order valence-corrected chi connectivity index (χ1v) is 19.0. The van der Waals surface area contributed by atoms with Crippen LogP contribution in [0, 0.1) is 0 Å². The van der Waals surface area contributed by atoms with Crippen molar-refractivity contribution in [2.75, 3.05) is 4.90 Å². The molecule has 0 N–H and O–H groups in total. The Hall–Kier alpha value is -7.49. The van der Waals surface area contributed by atoms with Crippen LogP contribution in [0.2, 0.25) is 0 Å². The number of oxazole rings is 1. The van der Waals surface area contributed by atoms with Crippen LogP contribution in [0.25, 0.3) is 77.8 Å². The third-order valence-corrected chi connectivity index (χ3v) is 10.5. The van der Waals surface area contributed by atoms with E-state index in [-0.39, 0.29) is 0 Å². The van der Waals surface area contributed by atoms with Crippen molar-refractivity contribution in [2.45, 2.75) is 0 Å². The predicted octanol–water partition coefficient (Wildman–Crippen LogP) is 14.8. The molecule has 0 fully saturated rings. The highest BCUT2D eigenvalue weighted by atomic mass is 16.3. The molecule has 264 valence electrons. The molecule has 0 saturated heterocycles. The monoisotopic (exact) mass is 716 g/mol. The van der Waals surface area contributed by atoms with Crippen molar-refractivity contribution in [3.63, 3.8) is 0 Å². The summed E-state index contributed by atoms with van der Waals surface area (Å²) in [4.78, 5) is 7.41. The van der Waals surface area contributed by atoms with Gasteiger partial charge in [0.2, 0.25) is 5.89 Å². The molecule has 0 aliphatic heterocycles. The molecule has 3 heteroatoms. The van der Waals surface area contributed by atoms with Crippen LogP contribution in [0.4, 0.5) is 17.1 Å². The summed E-state index contributed by atoms with van der Waals surface area (Å²) in [6.45, 7) is 0. The molecule has 3 nitrogen and oxygen atoms in total. The molecule has 0 atom stereocenters. The molecule has 0 radical (unpaired) electrons. The lowest BCUT2D eigenvalue weighted by atomic mass is 9.97. The standard InChI is InChI=1S/C53H36N2O/c1-4-14-37(15-5-1)43-22-12-23-46(36-43)55(44-30-26-40(27-31-44)48-25-13-21-38-18-10-11-24-47(38)48)45-32-28-41(29-33-45)50-35-34-49(39-16-6-2-7-17-39)51-52(50)56-53(54-51)42-19-8-3-9-20-42/h1-36H. The van der Waals surface area contributed by atoms with Crippen LogP contribution in [-0.2, 0) is 0 Å². The number of aromatic nitrogens is 1. The fraction of sp³-hybridized carbons (Fsp3) is 0. The Kier molecular flexibility index (Phi) is 8.51. The molecule has 0 aliphatic carbocycles. The Morgan fingerprint density at radius 1 is 0.339 bits per heavy atom. The van der Waals surface area contributed by atoms with Gasteiger partial charge in [0.05, 0.1) is 0 Å². The predicted molar refractivity (Wildman–Crippen MR) is 233 cm³/mol. The maximum absolute atomic E-state index is 6.63. The highest BCUT2D eigenvalue weighted by molar-refractivity contribution is 6.01. The topological polar surface area (TPSA) is 29.3 Å². The lowest BCUT2D eigenvalue weighted by Crippen LogP contribution is -2.10. The van der Waals surface area contributed by atoms with E-state index in [1.54, 1.807) is 0 Å². The minimum atomic E-state index is 0.610. The van der Waals surface area contributed by atoms with E-state index in [2.05, 4.69) is 187 Å². The third-order valence-electron chi connectivity index (χ3n) is 10.5. The fourth-order valence-electron chi connectivity index (χ4n) is 7.75. The zero-order valence-electron chi connectivity index (χ0n) is 30.6. The molecule has 1 heterocycles. The van der Waals surface area contributed by atoms with Crippen molar-refractivity contribution in [3.05, 3.63) is 218 Å². The van der Waals surface area contributed by atoms with Crippen LogP contribution in [0.15, 0.2) is 223 Å².